The summed E-state index contributed by atoms with van der Waals surface area (Å²) in [7, 11) is 0. The molecule has 0 bridgehead atoms. The van der Waals surface area contributed by atoms with Crippen molar-refractivity contribution in [2.75, 3.05) is 6.54 Å². The molecule has 0 aliphatic heterocycles. The molecule has 3 N–H and O–H groups in total. The third-order valence-electron chi connectivity index (χ3n) is 2.12. The molecule has 0 radical (unpaired) electrons. The summed E-state index contributed by atoms with van der Waals surface area (Å²) < 4.78 is 37.3. The Morgan fingerprint density at radius 3 is 2.44 bits per heavy atom. The molecule has 0 aromatic heterocycles. The van der Waals surface area contributed by atoms with Crippen LogP contribution in [-0.2, 0) is 12.6 Å². The Kier molecular flexibility index (Phi) is 4.04. The quantitative estimate of drug-likeness (QED) is 0.870. The fourth-order valence-electron chi connectivity index (χ4n) is 1.30. The van der Waals surface area contributed by atoms with E-state index >= 15 is 0 Å². The predicted octanol–water partition coefficient (Wildman–Crippen LogP) is 2.96. The van der Waals surface area contributed by atoms with Gasteiger partial charge in [-0.05, 0) is 37.1 Å². The molecule has 0 aliphatic rings. The Balaban J connectivity index is 3.12. The number of alkyl halides is 3. The number of nitrogens with two attached hydrogens (primary N) is 1. The summed E-state index contributed by atoms with van der Waals surface area (Å²) in [5.41, 5.74) is 4.56. The van der Waals surface area contributed by atoms with Crippen LogP contribution in [0.15, 0.2) is 12.1 Å². The molecule has 0 saturated carbocycles. The molecular weight excluding hydrogens is 243 g/mol. The van der Waals surface area contributed by atoms with Gasteiger partial charge in [-0.3, -0.25) is 0 Å². The Hall–Kier alpha value is -0.940. The van der Waals surface area contributed by atoms with Crippen molar-refractivity contribution in [2.24, 2.45) is 5.73 Å². The zero-order chi connectivity index (χ0) is 12.3. The number of phenolic OH excluding ortho intramolecular Hbond substituents is 1. The Morgan fingerprint density at radius 2 is 1.94 bits per heavy atom. The molecule has 0 fully saturated rings. The number of aromatic hydroxyl groups is 1. The van der Waals surface area contributed by atoms with Crippen molar-refractivity contribution >= 4 is 11.6 Å². The molecule has 0 atom stereocenters. The molecule has 0 saturated heterocycles. The minimum Gasteiger partial charge on any atom is -0.506 e. The molecule has 6 heteroatoms. The molecule has 1 aromatic rings. The van der Waals surface area contributed by atoms with E-state index in [1.165, 1.54) is 0 Å². The van der Waals surface area contributed by atoms with Gasteiger partial charge in [0.25, 0.3) is 0 Å². The van der Waals surface area contributed by atoms with Gasteiger partial charge in [0.15, 0.2) is 0 Å². The second-order valence-electron chi connectivity index (χ2n) is 3.36. The standard InChI is InChI=1S/C10H11ClF3NO/c11-8-5-7(10(12,13)14)4-6(9(8)16)2-1-3-15/h4-5,16H,1-3,15H2. The summed E-state index contributed by atoms with van der Waals surface area (Å²) in [6.45, 7) is 0.341. The number of phenols is 1. The monoisotopic (exact) mass is 253 g/mol. The van der Waals surface area contributed by atoms with Gasteiger partial charge >= 0.3 is 6.18 Å². The van der Waals surface area contributed by atoms with Gasteiger partial charge in [0, 0.05) is 0 Å². The van der Waals surface area contributed by atoms with Gasteiger partial charge in [-0.2, -0.15) is 13.2 Å². The lowest BCUT2D eigenvalue weighted by atomic mass is 10.0. The van der Waals surface area contributed by atoms with Crippen LogP contribution in [0.2, 0.25) is 5.02 Å². The van der Waals surface area contributed by atoms with Gasteiger partial charge in [0.2, 0.25) is 0 Å². The maximum absolute atomic E-state index is 12.4. The van der Waals surface area contributed by atoms with E-state index in [1.54, 1.807) is 0 Å². The highest BCUT2D eigenvalue weighted by Gasteiger charge is 2.31. The fourth-order valence-corrected chi connectivity index (χ4v) is 1.54. The summed E-state index contributed by atoms with van der Waals surface area (Å²) in [6.07, 6.45) is -3.70. The summed E-state index contributed by atoms with van der Waals surface area (Å²) in [5.74, 6) is -0.303. The first kappa shape index (κ1) is 13.1. The minimum atomic E-state index is -4.46. The molecule has 2 nitrogen and oxygen atoms in total. The molecular formula is C10H11ClF3NO. The van der Waals surface area contributed by atoms with Crippen LogP contribution in [0.1, 0.15) is 17.5 Å². The molecule has 0 spiro atoms. The van der Waals surface area contributed by atoms with Crippen molar-refractivity contribution in [2.45, 2.75) is 19.0 Å². The molecule has 0 unspecified atom stereocenters. The summed E-state index contributed by atoms with van der Waals surface area (Å²) in [5, 5.41) is 9.18. The summed E-state index contributed by atoms with van der Waals surface area (Å²) in [6, 6.07) is 1.61. The van der Waals surface area contributed by atoms with E-state index in [2.05, 4.69) is 0 Å². The van der Waals surface area contributed by atoms with Crippen molar-refractivity contribution < 1.29 is 18.3 Å². The fraction of sp³-hybridized carbons (Fsp3) is 0.400. The molecule has 0 aliphatic carbocycles. The van der Waals surface area contributed by atoms with E-state index < -0.39 is 11.7 Å². The number of benzene rings is 1. The van der Waals surface area contributed by atoms with Crippen molar-refractivity contribution in [3.8, 4) is 5.75 Å². The zero-order valence-corrected chi connectivity index (χ0v) is 9.07. The van der Waals surface area contributed by atoms with Crippen LogP contribution in [0.3, 0.4) is 0 Å². The van der Waals surface area contributed by atoms with Crippen LogP contribution in [0, 0.1) is 0 Å². The largest absolute Gasteiger partial charge is 0.506 e. The van der Waals surface area contributed by atoms with E-state index in [1.807, 2.05) is 0 Å². The lowest BCUT2D eigenvalue weighted by molar-refractivity contribution is -0.137. The van der Waals surface area contributed by atoms with Crippen LogP contribution >= 0.6 is 11.6 Å². The molecule has 0 heterocycles. The lowest BCUT2D eigenvalue weighted by Gasteiger charge is -2.11. The average Bonchev–Trinajstić information content (AvgIpc) is 2.18. The van der Waals surface area contributed by atoms with E-state index in [-0.39, 0.29) is 22.8 Å². The number of hydrogen-bond donors (Lipinski definition) is 2. The van der Waals surface area contributed by atoms with Crippen LogP contribution in [0.25, 0.3) is 0 Å². The first-order valence-electron chi connectivity index (χ1n) is 4.65. The summed E-state index contributed by atoms with van der Waals surface area (Å²) >= 11 is 5.52. The molecule has 1 aromatic carbocycles. The van der Waals surface area contributed by atoms with E-state index in [9.17, 15) is 18.3 Å². The van der Waals surface area contributed by atoms with Crippen LogP contribution in [0.4, 0.5) is 13.2 Å². The number of rotatable bonds is 3. The van der Waals surface area contributed by atoms with Crippen molar-refractivity contribution in [1.82, 2.24) is 0 Å². The Bertz CT molecular complexity index is 379. The van der Waals surface area contributed by atoms with Gasteiger partial charge in [0.05, 0.1) is 10.6 Å². The van der Waals surface area contributed by atoms with Gasteiger partial charge in [-0.25, -0.2) is 0 Å². The summed E-state index contributed by atoms with van der Waals surface area (Å²) in [4.78, 5) is 0. The zero-order valence-electron chi connectivity index (χ0n) is 8.31. The van der Waals surface area contributed by atoms with E-state index in [0.717, 1.165) is 6.07 Å². The molecule has 90 valence electrons. The molecule has 16 heavy (non-hydrogen) atoms. The number of halogens is 4. The van der Waals surface area contributed by atoms with Gasteiger partial charge in [-0.15, -0.1) is 0 Å². The number of hydrogen-bond acceptors (Lipinski definition) is 2. The van der Waals surface area contributed by atoms with Gasteiger partial charge in [-0.1, -0.05) is 11.6 Å². The smallest absolute Gasteiger partial charge is 0.416 e. The third-order valence-corrected chi connectivity index (χ3v) is 2.41. The van der Waals surface area contributed by atoms with Gasteiger partial charge < -0.3 is 10.8 Å². The van der Waals surface area contributed by atoms with Gasteiger partial charge in [0.1, 0.15) is 5.75 Å². The minimum absolute atomic E-state index is 0.172. The van der Waals surface area contributed by atoms with Crippen molar-refractivity contribution in [1.29, 1.82) is 0 Å². The highest BCUT2D eigenvalue weighted by atomic mass is 35.5. The topological polar surface area (TPSA) is 46.2 Å². The molecule has 0 amide bonds. The van der Waals surface area contributed by atoms with E-state index in [0.29, 0.717) is 19.0 Å². The first-order chi connectivity index (χ1) is 7.36. The predicted molar refractivity (Wildman–Crippen MR) is 55.5 cm³/mol. The highest BCUT2D eigenvalue weighted by Crippen LogP contribution is 2.37. The first-order valence-corrected chi connectivity index (χ1v) is 5.02. The van der Waals surface area contributed by atoms with Crippen molar-refractivity contribution in [3.05, 3.63) is 28.3 Å². The normalized spacial score (nSPS) is 11.8. The van der Waals surface area contributed by atoms with Crippen LogP contribution < -0.4 is 5.73 Å². The third kappa shape index (κ3) is 3.02. The second kappa shape index (κ2) is 4.93. The van der Waals surface area contributed by atoms with Crippen LogP contribution in [-0.4, -0.2) is 11.7 Å². The van der Waals surface area contributed by atoms with E-state index in [4.69, 9.17) is 17.3 Å². The number of aryl methyl sites for hydroxylation is 1. The Labute approximate surface area is 95.8 Å². The maximum Gasteiger partial charge on any atom is 0.416 e. The van der Waals surface area contributed by atoms with Crippen molar-refractivity contribution in [3.63, 3.8) is 0 Å². The highest BCUT2D eigenvalue weighted by molar-refractivity contribution is 6.32. The Morgan fingerprint density at radius 1 is 1.31 bits per heavy atom. The SMILES string of the molecule is NCCCc1cc(C(F)(F)F)cc(Cl)c1O. The maximum atomic E-state index is 12.4. The lowest BCUT2D eigenvalue weighted by Crippen LogP contribution is -2.07. The average molecular weight is 254 g/mol. The molecule has 1 rings (SSSR count). The second-order valence-corrected chi connectivity index (χ2v) is 3.76. The van der Waals surface area contributed by atoms with Crippen LogP contribution in [0.5, 0.6) is 5.75 Å².